The van der Waals surface area contributed by atoms with Crippen molar-refractivity contribution in [2.45, 2.75) is 0 Å². The largest absolute Gasteiger partial charge is 0.497 e. The van der Waals surface area contributed by atoms with Crippen molar-refractivity contribution >= 4 is 23.2 Å². The summed E-state index contributed by atoms with van der Waals surface area (Å²) in [5.74, 6) is -0.477. The van der Waals surface area contributed by atoms with Gasteiger partial charge in [-0.3, -0.25) is 19.7 Å². The molecule has 0 saturated carbocycles. The summed E-state index contributed by atoms with van der Waals surface area (Å²) in [4.78, 5) is 36.4. The van der Waals surface area contributed by atoms with E-state index in [9.17, 15) is 19.7 Å². The van der Waals surface area contributed by atoms with E-state index in [2.05, 4.69) is 0 Å². The second-order valence-electron chi connectivity index (χ2n) is 4.97. The van der Waals surface area contributed by atoms with Crippen molar-refractivity contribution in [2.24, 2.45) is 0 Å². The molecule has 3 rings (SSSR count). The lowest BCUT2D eigenvalue weighted by Crippen LogP contribution is -2.29. The molecule has 0 aliphatic carbocycles. The molecule has 2 aromatic rings. The number of ether oxygens (including phenoxy) is 2. The molecular weight excluding hydrogens is 316 g/mol. The summed E-state index contributed by atoms with van der Waals surface area (Å²) in [6.07, 6.45) is 0. The SMILES string of the molecule is COc1ccc(OC)c(N2C(=O)c3ccc([N+](=O)[O-])cc3C2=O)c1. The number of benzene rings is 2. The summed E-state index contributed by atoms with van der Waals surface area (Å²) >= 11 is 0. The summed E-state index contributed by atoms with van der Waals surface area (Å²) in [6.45, 7) is 0. The molecule has 0 unspecified atom stereocenters. The molecule has 0 fully saturated rings. The van der Waals surface area contributed by atoms with Crippen molar-refractivity contribution in [1.82, 2.24) is 0 Å². The van der Waals surface area contributed by atoms with Crippen LogP contribution < -0.4 is 14.4 Å². The van der Waals surface area contributed by atoms with Crippen LogP contribution in [-0.4, -0.2) is 31.0 Å². The van der Waals surface area contributed by atoms with Gasteiger partial charge in [-0.25, -0.2) is 4.90 Å². The number of rotatable bonds is 4. The number of anilines is 1. The van der Waals surface area contributed by atoms with Crippen molar-refractivity contribution in [3.8, 4) is 11.5 Å². The van der Waals surface area contributed by atoms with E-state index in [-0.39, 0.29) is 22.5 Å². The Morgan fingerprint density at radius 1 is 0.958 bits per heavy atom. The van der Waals surface area contributed by atoms with E-state index in [1.54, 1.807) is 12.1 Å². The van der Waals surface area contributed by atoms with Gasteiger partial charge in [0, 0.05) is 18.2 Å². The minimum absolute atomic E-state index is 0.0147. The van der Waals surface area contributed by atoms with Gasteiger partial charge in [0.2, 0.25) is 0 Å². The van der Waals surface area contributed by atoms with Crippen molar-refractivity contribution in [1.29, 1.82) is 0 Å². The lowest BCUT2D eigenvalue weighted by Gasteiger charge is -2.18. The molecule has 1 heterocycles. The average Bonchev–Trinajstić information content (AvgIpc) is 2.84. The second-order valence-corrected chi connectivity index (χ2v) is 4.97. The smallest absolute Gasteiger partial charge is 0.270 e. The second kappa shape index (κ2) is 5.65. The number of nitrogens with zero attached hydrogens (tertiary/aromatic N) is 2. The standard InChI is InChI=1S/C16H12N2O6/c1-23-10-4-6-14(24-2)13(8-10)17-15(19)11-5-3-9(18(21)22)7-12(11)16(17)20/h3-8H,1-2H3. The van der Waals surface area contributed by atoms with Gasteiger partial charge in [-0.1, -0.05) is 0 Å². The van der Waals surface area contributed by atoms with Crippen LogP contribution in [0.25, 0.3) is 0 Å². The van der Waals surface area contributed by atoms with Crippen molar-refractivity contribution < 1.29 is 24.0 Å². The molecule has 0 aromatic heterocycles. The molecule has 0 spiro atoms. The van der Waals surface area contributed by atoms with Crippen molar-refractivity contribution in [2.75, 3.05) is 19.1 Å². The van der Waals surface area contributed by atoms with Gasteiger partial charge in [0.1, 0.15) is 11.5 Å². The Hall–Kier alpha value is -3.42. The van der Waals surface area contributed by atoms with Gasteiger partial charge in [0.25, 0.3) is 17.5 Å². The van der Waals surface area contributed by atoms with E-state index >= 15 is 0 Å². The summed E-state index contributed by atoms with van der Waals surface area (Å²) in [7, 11) is 2.87. The number of methoxy groups -OCH3 is 2. The maximum Gasteiger partial charge on any atom is 0.270 e. The van der Waals surface area contributed by atoms with Crippen LogP contribution in [0.4, 0.5) is 11.4 Å². The molecule has 1 aliphatic rings. The van der Waals surface area contributed by atoms with Gasteiger partial charge >= 0.3 is 0 Å². The van der Waals surface area contributed by atoms with Gasteiger partial charge in [0.15, 0.2) is 0 Å². The normalized spacial score (nSPS) is 13.0. The highest BCUT2D eigenvalue weighted by Crippen LogP contribution is 2.38. The summed E-state index contributed by atoms with van der Waals surface area (Å²) in [5, 5.41) is 10.9. The summed E-state index contributed by atoms with van der Waals surface area (Å²) in [5.41, 5.74) is 0.0506. The highest BCUT2D eigenvalue weighted by atomic mass is 16.6. The number of carbonyl (C=O) groups excluding carboxylic acids is 2. The molecule has 2 aromatic carbocycles. The predicted molar refractivity (Wildman–Crippen MR) is 83.8 cm³/mol. The van der Waals surface area contributed by atoms with E-state index in [0.717, 1.165) is 11.0 Å². The minimum Gasteiger partial charge on any atom is -0.497 e. The van der Waals surface area contributed by atoms with Crippen LogP contribution in [0.5, 0.6) is 11.5 Å². The Bertz CT molecular complexity index is 877. The molecule has 0 N–H and O–H groups in total. The van der Waals surface area contributed by atoms with Crippen LogP contribution in [0.1, 0.15) is 20.7 Å². The number of fused-ring (bicyclic) bond motifs is 1. The number of imide groups is 1. The third-order valence-electron chi connectivity index (χ3n) is 3.71. The van der Waals surface area contributed by atoms with Crippen LogP contribution in [0.15, 0.2) is 36.4 Å². The average molecular weight is 328 g/mol. The van der Waals surface area contributed by atoms with E-state index in [4.69, 9.17) is 9.47 Å². The maximum atomic E-state index is 12.6. The van der Waals surface area contributed by atoms with Gasteiger partial charge in [0.05, 0.1) is 36.0 Å². The van der Waals surface area contributed by atoms with E-state index in [0.29, 0.717) is 11.5 Å². The number of amides is 2. The predicted octanol–water partition coefficient (Wildman–Crippen LogP) is 2.41. The number of carbonyl (C=O) groups is 2. The molecule has 0 bridgehead atoms. The first kappa shape index (κ1) is 15.5. The van der Waals surface area contributed by atoms with Gasteiger partial charge in [-0.15, -0.1) is 0 Å². The molecule has 1 aliphatic heterocycles. The molecule has 0 radical (unpaired) electrons. The quantitative estimate of drug-likeness (QED) is 0.485. The van der Waals surface area contributed by atoms with Crippen molar-refractivity contribution in [3.63, 3.8) is 0 Å². The lowest BCUT2D eigenvalue weighted by molar-refractivity contribution is -0.384. The number of non-ortho nitro benzene ring substituents is 1. The molecule has 24 heavy (non-hydrogen) atoms. The molecule has 0 saturated heterocycles. The first-order chi connectivity index (χ1) is 11.5. The van der Waals surface area contributed by atoms with Crippen LogP contribution in [0, 0.1) is 10.1 Å². The first-order valence-corrected chi connectivity index (χ1v) is 6.87. The molecule has 122 valence electrons. The van der Waals surface area contributed by atoms with E-state index in [1.807, 2.05) is 0 Å². The topological polar surface area (TPSA) is 99.0 Å². The fourth-order valence-corrected chi connectivity index (χ4v) is 2.53. The maximum absolute atomic E-state index is 12.6. The van der Waals surface area contributed by atoms with Crippen LogP contribution in [0.2, 0.25) is 0 Å². The van der Waals surface area contributed by atoms with Crippen molar-refractivity contribution in [3.05, 3.63) is 57.6 Å². The molecule has 0 atom stereocenters. The zero-order valence-electron chi connectivity index (χ0n) is 12.8. The number of nitro benzene ring substituents is 1. The summed E-state index contributed by atoms with van der Waals surface area (Å²) < 4.78 is 10.3. The van der Waals surface area contributed by atoms with E-state index < -0.39 is 16.7 Å². The monoisotopic (exact) mass is 328 g/mol. The minimum atomic E-state index is -0.648. The molecule has 8 nitrogen and oxygen atoms in total. The number of hydrogen-bond donors (Lipinski definition) is 0. The Balaban J connectivity index is 2.13. The zero-order valence-corrected chi connectivity index (χ0v) is 12.8. The third-order valence-corrected chi connectivity index (χ3v) is 3.71. The Morgan fingerprint density at radius 2 is 1.67 bits per heavy atom. The number of hydrogen-bond acceptors (Lipinski definition) is 6. The summed E-state index contributed by atoms with van der Waals surface area (Å²) in [6, 6.07) is 8.26. The van der Waals surface area contributed by atoms with E-state index in [1.165, 1.54) is 32.4 Å². The zero-order chi connectivity index (χ0) is 17.4. The Morgan fingerprint density at radius 3 is 2.29 bits per heavy atom. The Labute approximate surface area is 136 Å². The fraction of sp³-hybridized carbons (Fsp3) is 0.125. The molecule has 2 amide bonds. The number of nitro groups is 1. The highest BCUT2D eigenvalue weighted by Gasteiger charge is 2.39. The fourth-order valence-electron chi connectivity index (χ4n) is 2.53. The van der Waals surface area contributed by atoms with Crippen LogP contribution in [0.3, 0.4) is 0 Å². The molecule has 8 heteroatoms. The lowest BCUT2D eigenvalue weighted by atomic mass is 10.1. The highest BCUT2D eigenvalue weighted by molar-refractivity contribution is 6.35. The van der Waals surface area contributed by atoms with Gasteiger partial charge < -0.3 is 9.47 Å². The van der Waals surface area contributed by atoms with Crippen LogP contribution in [-0.2, 0) is 0 Å². The first-order valence-electron chi connectivity index (χ1n) is 6.87. The van der Waals surface area contributed by atoms with Crippen LogP contribution >= 0.6 is 0 Å². The molecular formula is C16H12N2O6. The van der Waals surface area contributed by atoms with Gasteiger partial charge in [-0.05, 0) is 18.2 Å². The Kier molecular flexibility index (Phi) is 3.64. The van der Waals surface area contributed by atoms with Gasteiger partial charge in [-0.2, -0.15) is 0 Å². The third kappa shape index (κ3) is 2.24.